The molecule has 0 aromatic rings. The smallest absolute Gasteiger partial charge is 0.161 e. The van der Waals surface area contributed by atoms with Gasteiger partial charge in [0.05, 0.1) is 6.10 Å². The van der Waals surface area contributed by atoms with Crippen molar-refractivity contribution in [3.8, 4) is 0 Å². The number of carbonyl (C=O) groups excluding carboxylic acids is 1. The number of carbonyl (C=O) groups is 1. The van der Waals surface area contributed by atoms with Crippen molar-refractivity contribution in [2.75, 3.05) is 6.61 Å². The molecule has 3 heteroatoms. The Kier molecular flexibility index (Phi) is 3.81. The number of ketones is 1. The zero-order valence-corrected chi connectivity index (χ0v) is 14.9. The summed E-state index contributed by atoms with van der Waals surface area (Å²) in [6.07, 6.45) is 11.5. The second-order valence-electron chi connectivity index (χ2n) is 9.08. The first kappa shape index (κ1) is 16.5. The number of hydrogen-bond donors (Lipinski definition) is 2. The van der Waals surface area contributed by atoms with Crippen LogP contribution in [0, 0.1) is 28.6 Å². The molecule has 3 fully saturated rings. The van der Waals surface area contributed by atoms with Crippen LogP contribution in [0.4, 0.5) is 0 Å². The molecule has 4 rings (SSSR count). The highest BCUT2D eigenvalue weighted by Crippen LogP contribution is 2.64. The normalized spacial score (nSPS) is 47.2. The third-order valence-electron chi connectivity index (χ3n) is 8.09. The first-order valence-corrected chi connectivity index (χ1v) is 9.63. The zero-order chi connectivity index (χ0) is 17.1. The quantitative estimate of drug-likeness (QED) is 0.816. The number of allylic oxidation sites excluding steroid dienone is 3. The highest BCUT2D eigenvalue weighted by molar-refractivity contribution is 5.83. The molecule has 2 N–H and O–H groups in total. The molecule has 0 spiro atoms. The van der Waals surface area contributed by atoms with Gasteiger partial charge in [0.1, 0.15) is 6.61 Å². The monoisotopic (exact) mass is 330 g/mol. The number of rotatable bonds is 2. The van der Waals surface area contributed by atoms with Crippen molar-refractivity contribution in [3.05, 3.63) is 23.3 Å². The Morgan fingerprint density at radius 3 is 2.67 bits per heavy atom. The molecular formula is C21H30O3. The lowest BCUT2D eigenvalue weighted by Crippen LogP contribution is -2.47. The van der Waals surface area contributed by atoms with Crippen LogP contribution in [-0.2, 0) is 4.79 Å². The van der Waals surface area contributed by atoms with Crippen LogP contribution in [0.15, 0.2) is 23.3 Å². The van der Waals surface area contributed by atoms with Crippen LogP contribution in [0.3, 0.4) is 0 Å². The van der Waals surface area contributed by atoms with E-state index >= 15 is 0 Å². The summed E-state index contributed by atoms with van der Waals surface area (Å²) >= 11 is 0. The molecule has 4 aliphatic carbocycles. The maximum Gasteiger partial charge on any atom is 0.161 e. The van der Waals surface area contributed by atoms with Gasteiger partial charge in [-0.25, -0.2) is 0 Å². The zero-order valence-electron chi connectivity index (χ0n) is 14.9. The van der Waals surface area contributed by atoms with Gasteiger partial charge in [-0.05, 0) is 67.6 Å². The van der Waals surface area contributed by atoms with Crippen LogP contribution in [0.5, 0.6) is 0 Å². The van der Waals surface area contributed by atoms with Gasteiger partial charge in [-0.3, -0.25) is 4.79 Å². The van der Waals surface area contributed by atoms with Crippen molar-refractivity contribution < 1.29 is 15.0 Å². The Morgan fingerprint density at radius 1 is 1.12 bits per heavy atom. The molecule has 4 aliphatic rings. The van der Waals surface area contributed by atoms with E-state index in [4.69, 9.17) is 0 Å². The van der Waals surface area contributed by atoms with E-state index in [0.29, 0.717) is 11.8 Å². The molecule has 0 bridgehead atoms. The average Bonchev–Trinajstić information content (AvgIpc) is 2.92. The summed E-state index contributed by atoms with van der Waals surface area (Å²) in [5.74, 6) is 1.13. The molecule has 0 saturated heterocycles. The molecule has 0 aromatic heterocycles. The molecule has 3 saturated carbocycles. The minimum atomic E-state index is -0.310. The lowest BCUT2D eigenvalue weighted by Gasteiger charge is -2.54. The standard InChI is InChI=1S/C21H30O3/c1-20-9-7-14(23)11-13(20)3-4-15-16-5-6-18(19(24)12-22)21(16,2)10-8-17(15)20/h3-4,14,16-18,22-23H,5-12H2,1-2H3/t14-,16-,17-,18+,20-,21-/m0/s1. The Morgan fingerprint density at radius 2 is 1.92 bits per heavy atom. The molecule has 132 valence electrons. The first-order chi connectivity index (χ1) is 11.4. The van der Waals surface area contributed by atoms with Crippen LogP contribution >= 0.6 is 0 Å². The Bertz CT molecular complexity index is 619. The fourth-order valence-electron chi connectivity index (χ4n) is 6.62. The Hall–Kier alpha value is -0.930. The topological polar surface area (TPSA) is 57.5 Å². The maximum absolute atomic E-state index is 12.3. The van der Waals surface area contributed by atoms with Crippen LogP contribution < -0.4 is 0 Å². The molecule has 0 radical (unpaired) electrons. The Labute approximate surface area is 144 Å². The van der Waals surface area contributed by atoms with Crippen molar-refractivity contribution in [2.45, 2.75) is 64.9 Å². The summed E-state index contributed by atoms with van der Waals surface area (Å²) in [5, 5.41) is 19.4. The van der Waals surface area contributed by atoms with Crippen molar-refractivity contribution >= 4 is 5.78 Å². The molecular weight excluding hydrogens is 300 g/mol. The summed E-state index contributed by atoms with van der Waals surface area (Å²) in [4.78, 5) is 12.3. The SMILES string of the molecule is C[C@]12CC[C@H]3C(=CC=C4C[C@@H](O)CC[C@@]43C)[C@@H]1CC[C@@H]2C(=O)CO. The van der Waals surface area contributed by atoms with Crippen LogP contribution in [-0.4, -0.2) is 28.7 Å². The van der Waals surface area contributed by atoms with Crippen molar-refractivity contribution in [1.29, 1.82) is 0 Å². The molecule has 6 atom stereocenters. The van der Waals surface area contributed by atoms with Crippen molar-refractivity contribution in [3.63, 3.8) is 0 Å². The van der Waals surface area contributed by atoms with Crippen LogP contribution in [0.25, 0.3) is 0 Å². The van der Waals surface area contributed by atoms with E-state index in [2.05, 4.69) is 26.0 Å². The van der Waals surface area contributed by atoms with Gasteiger partial charge in [-0.15, -0.1) is 0 Å². The van der Waals surface area contributed by atoms with Gasteiger partial charge in [-0.2, -0.15) is 0 Å². The number of aliphatic hydroxyl groups is 2. The minimum absolute atomic E-state index is 0.0258. The second-order valence-corrected chi connectivity index (χ2v) is 9.08. The van der Waals surface area contributed by atoms with Gasteiger partial charge in [-0.1, -0.05) is 37.1 Å². The largest absolute Gasteiger partial charge is 0.393 e. The molecule has 0 aromatic carbocycles. The molecule has 0 amide bonds. The third kappa shape index (κ3) is 2.13. The number of aliphatic hydroxyl groups excluding tert-OH is 2. The number of fused-ring (bicyclic) bond motifs is 5. The highest BCUT2D eigenvalue weighted by atomic mass is 16.3. The number of hydrogen-bond acceptors (Lipinski definition) is 3. The van der Waals surface area contributed by atoms with E-state index in [1.165, 1.54) is 5.57 Å². The van der Waals surface area contributed by atoms with Gasteiger partial charge in [0.15, 0.2) is 5.78 Å². The fourth-order valence-corrected chi connectivity index (χ4v) is 6.62. The van der Waals surface area contributed by atoms with Crippen LogP contribution in [0.2, 0.25) is 0 Å². The molecule has 0 aliphatic heterocycles. The summed E-state index contributed by atoms with van der Waals surface area (Å²) in [7, 11) is 0. The lowest BCUT2D eigenvalue weighted by molar-refractivity contribution is -0.129. The predicted molar refractivity (Wildman–Crippen MR) is 93.3 cm³/mol. The van der Waals surface area contributed by atoms with E-state index in [1.54, 1.807) is 5.57 Å². The summed E-state index contributed by atoms with van der Waals surface area (Å²) in [5.41, 5.74) is 3.21. The van der Waals surface area contributed by atoms with Gasteiger partial charge in [0.25, 0.3) is 0 Å². The van der Waals surface area contributed by atoms with Gasteiger partial charge in [0, 0.05) is 5.92 Å². The van der Waals surface area contributed by atoms with E-state index in [9.17, 15) is 15.0 Å². The summed E-state index contributed by atoms with van der Waals surface area (Å²) < 4.78 is 0. The van der Waals surface area contributed by atoms with Crippen molar-refractivity contribution in [2.24, 2.45) is 28.6 Å². The van der Waals surface area contributed by atoms with Crippen LogP contribution in [0.1, 0.15) is 58.8 Å². The average molecular weight is 330 g/mol. The summed E-state index contributed by atoms with van der Waals surface area (Å²) in [6, 6.07) is 0. The van der Waals surface area contributed by atoms with Gasteiger partial charge >= 0.3 is 0 Å². The van der Waals surface area contributed by atoms with E-state index in [1.807, 2.05) is 0 Å². The first-order valence-electron chi connectivity index (χ1n) is 9.63. The lowest BCUT2D eigenvalue weighted by atomic mass is 9.50. The fraction of sp³-hybridized carbons (Fsp3) is 0.762. The molecule has 0 heterocycles. The molecule has 24 heavy (non-hydrogen) atoms. The van der Waals surface area contributed by atoms with E-state index < -0.39 is 0 Å². The maximum atomic E-state index is 12.3. The molecule has 3 nitrogen and oxygen atoms in total. The van der Waals surface area contributed by atoms with Gasteiger partial charge in [0.2, 0.25) is 0 Å². The Balaban J connectivity index is 1.69. The summed E-state index contributed by atoms with van der Waals surface area (Å²) in [6.45, 7) is 4.37. The molecule has 0 unspecified atom stereocenters. The second kappa shape index (κ2) is 5.54. The third-order valence-corrected chi connectivity index (χ3v) is 8.09. The highest BCUT2D eigenvalue weighted by Gasteiger charge is 2.57. The van der Waals surface area contributed by atoms with Gasteiger partial charge < -0.3 is 10.2 Å². The minimum Gasteiger partial charge on any atom is -0.393 e. The van der Waals surface area contributed by atoms with E-state index in [-0.39, 0.29) is 35.2 Å². The van der Waals surface area contributed by atoms with Crippen molar-refractivity contribution in [1.82, 2.24) is 0 Å². The van der Waals surface area contributed by atoms with E-state index in [0.717, 1.165) is 44.9 Å². The predicted octanol–water partition coefficient (Wildman–Crippen LogP) is 3.41. The number of Topliss-reactive ketones (excluding diaryl/α,β-unsaturated/α-hetero) is 1.